The summed E-state index contributed by atoms with van der Waals surface area (Å²) < 4.78 is 5.40. The smallest absolute Gasteiger partial charge is 0.265 e. The van der Waals surface area contributed by atoms with Crippen molar-refractivity contribution in [2.45, 2.75) is 25.4 Å². The third-order valence-electron chi connectivity index (χ3n) is 4.27. The molecular formula is C20H18N2O3S. The Hall–Kier alpha value is -2.86. The lowest BCUT2D eigenvalue weighted by molar-refractivity contribution is 0.0717. The van der Waals surface area contributed by atoms with E-state index in [1.54, 1.807) is 36.6 Å². The number of hydrogen-bond acceptors (Lipinski definition) is 4. The molecule has 0 radical (unpaired) electrons. The van der Waals surface area contributed by atoms with Crippen molar-refractivity contribution in [3.63, 3.8) is 0 Å². The van der Waals surface area contributed by atoms with Crippen LogP contribution in [0.1, 0.15) is 38.6 Å². The van der Waals surface area contributed by atoms with Gasteiger partial charge in [-0.1, -0.05) is 12.1 Å². The van der Waals surface area contributed by atoms with Crippen LogP contribution in [0, 0.1) is 0 Å². The van der Waals surface area contributed by atoms with Crippen LogP contribution in [0.3, 0.4) is 0 Å². The number of furan rings is 1. The zero-order valence-corrected chi connectivity index (χ0v) is 14.9. The Bertz CT molecular complexity index is 899. The molecule has 0 spiro atoms. The predicted molar refractivity (Wildman–Crippen MR) is 100 cm³/mol. The molecule has 0 aliphatic heterocycles. The van der Waals surface area contributed by atoms with Crippen molar-refractivity contribution >= 4 is 28.8 Å². The second-order valence-corrected chi connectivity index (χ2v) is 7.20. The van der Waals surface area contributed by atoms with E-state index in [-0.39, 0.29) is 17.9 Å². The second kappa shape index (κ2) is 7.17. The number of carbonyl (C=O) groups excluding carboxylic acids is 2. The third kappa shape index (κ3) is 3.70. The highest BCUT2D eigenvalue weighted by molar-refractivity contribution is 7.12. The van der Waals surface area contributed by atoms with E-state index in [4.69, 9.17) is 4.42 Å². The average Bonchev–Trinajstić information content (AvgIpc) is 3.13. The van der Waals surface area contributed by atoms with E-state index < -0.39 is 0 Å². The Morgan fingerprint density at radius 3 is 2.73 bits per heavy atom. The quantitative estimate of drug-likeness (QED) is 0.703. The van der Waals surface area contributed by atoms with Gasteiger partial charge in [0.2, 0.25) is 0 Å². The maximum Gasteiger partial charge on any atom is 0.265 e. The number of anilines is 1. The topological polar surface area (TPSA) is 62.6 Å². The van der Waals surface area contributed by atoms with Crippen molar-refractivity contribution in [1.82, 2.24) is 4.90 Å². The van der Waals surface area contributed by atoms with Crippen LogP contribution in [-0.2, 0) is 6.54 Å². The number of nitrogens with zero attached hydrogens (tertiary/aromatic N) is 1. The Morgan fingerprint density at radius 2 is 2.04 bits per heavy atom. The number of benzene rings is 1. The molecule has 0 atom stereocenters. The fourth-order valence-corrected chi connectivity index (χ4v) is 3.44. The minimum Gasteiger partial charge on any atom is -0.467 e. The number of thiophene rings is 1. The van der Waals surface area contributed by atoms with Gasteiger partial charge in [-0.2, -0.15) is 0 Å². The highest BCUT2D eigenvalue weighted by atomic mass is 32.1. The second-order valence-electron chi connectivity index (χ2n) is 6.26. The molecule has 2 aromatic heterocycles. The van der Waals surface area contributed by atoms with E-state index in [2.05, 4.69) is 5.32 Å². The Balaban J connectivity index is 1.51. The highest BCUT2D eigenvalue weighted by Crippen LogP contribution is 2.30. The van der Waals surface area contributed by atoms with Crippen molar-refractivity contribution < 1.29 is 14.0 Å². The van der Waals surface area contributed by atoms with Gasteiger partial charge in [0.25, 0.3) is 11.8 Å². The zero-order chi connectivity index (χ0) is 17.9. The molecule has 1 saturated carbocycles. The number of rotatable bonds is 6. The molecule has 1 N–H and O–H groups in total. The van der Waals surface area contributed by atoms with Gasteiger partial charge in [-0.15, -0.1) is 11.3 Å². The summed E-state index contributed by atoms with van der Waals surface area (Å²) in [6, 6.07) is 14.6. The van der Waals surface area contributed by atoms with E-state index >= 15 is 0 Å². The zero-order valence-electron chi connectivity index (χ0n) is 14.1. The third-order valence-corrected chi connectivity index (χ3v) is 5.14. The lowest BCUT2D eigenvalue weighted by Crippen LogP contribution is -2.32. The van der Waals surface area contributed by atoms with Crippen molar-refractivity contribution in [3.8, 4) is 0 Å². The minimum absolute atomic E-state index is 0.0453. The molecule has 0 bridgehead atoms. The maximum absolute atomic E-state index is 13.0. The summed E-state index contributed by atoms with van der Waals surface area (Å²) in [5.41, 5.74) is 1.18. The van der Waals surface area contributed by atoms with Gasteiger partial charge in [0, 0.05) is 17.3 Å². The summed E-state index contributed by atoms with van der Waals surface area (Å²) >= 11 is 1.38. The lowest BCUT2D eigenvalue weighted by Gasteiger charge is -2.21. The van der Waals surface area contributed by atoms with Gasteiger partial charge in [0.1, 0.15) is 5.76 Å². The lowest BCUT2D eigenvalue weighted by atomic mass is 10.1. The van der Waals surface area contributed by atoms with E-state index in [0.717, 1.165) is 18.6 Å². The molecule has 1 aliphatic carbocycles. The van der Waals surface area contributed by atoms with E-state index in [1.165, 1.54) is 11.3 Å². The van der Waals surface area contributed by atoms with E-state index in [9.17, 15) is 9.59 Å². The molecule has 1 aliphatic rings. The molecule has 1 aromatic carbocycles. The van der Waals surface area contributed by atoms with Crippen molar-refractivity contribution in [2.24, 2.45) is 0 Å². The number of hydrogen-bond donors (Lipinski definition) is 1. The summed E-state index contributed by atoms with van der Waals surface area (Å²) in [5.74, 6) is 0.558. The molecule has 4 rings (SSSR count). The van der Waals surface area contributed by atoms with Crippen LogP contribution in [0.15, 0.2) is 64.6 Å². The Morgan fingerprint density at radius 1 is 1.15 bits per heavy atom. The first-order valence-corrected chi connectivity index (χ1v) is 9.37. The Labute approximate surface area is 155 Å². The summed E-state index contributed by atoms with van der Waals surface area (Å²) in [4.78, 5) is 27.7. The first-order valence-electron chi connectivity index (χ1n) is 8.49. The molecular weight excluding hydrogens is 348 g/mol. The molecule has 1 fully saturated rings. The van der Waals surface area contributed by atoms with Crippen molar-refractivity contribution in [2.75, 3.05) is 5.32 Å². The molecule has 2 heterocycles. The number of carbonyl (C=O) groups is 2. The van der Waals surface area contributed by atoms with Gasteiger partial charge < -0.3 is 14.6 Å². The van der Waals surface area contributed by atoms with E-state index in [1.807, 2.05) is 28.5 Å². The van der Waals surface area contributed by atoms with Crippen LogP contribution in [0.5, 0.6) is 0 Å². The first kappa shape index (κ1) is 16.6. The largest absolute Gasteiger partial charge is 0.467 e. The van der Waals surface area contributed by atoms with Crippen molar-refractivity contribution in [3.05, 3.63) is 76.4 Å². The number of nitrogens with one attached hydrogen (secondary N) is 1. The van der Waals surface area contributed by atoms with Gasteiger partial charge in [0.05, 0.1) is 17.7 Å². The van der Waals surface area contributed by atoms with Crippen LogP contribution < -0.4 is 5.32 Å². The minimum atomic E-state index is -0.167. The number of amides is 2. The fourth-order valence-electron chi connectivity index (χ4n) is 2.82. The van der Waals surface area contributed by atoms with Crippen LogP contribution in [0.2, 0.25) is 0 Å². The molecule has 26 heavy (non-hydrogen) atoms. The summed E-state index contributed by atoms with van der Waals surface area (Å²) in [5, 5.41) is 4.71. The van der Waals surface area contributed by atoms with Gasteiger partial charge in [-0.3, -0.25) is 9.59 Å². The highest BCUT2D eigenvalue weighted by Gasteiger charge is 2.33. The molecule has 132 valence electrons. The van der Waals surface area contributed by atoms with Crippen LogP contribution in [0.25, 0.3) is 0 Å². The molecule has 0 saturated heterocycles. The molecule has 0 unspecified atom stereocenters. The summed E-state index contributed by atoms with van der Waals surface area (Å²) in [6.45, 7) is 0.461. The van der Waals surface area contributed by atoms with Crippen molar-refractivity contribution in [1.29, 1.82) is 0 Å². The predicted octanol–water partition coefficient (Wildman–Crippen LogP) is 4.40. The normalized spacial score (nSPS) is 13.4. The Kier molecular flexibility index (Phi) is 4.58. The van der Waals surface area contributed by atoms with Crippen LogP contribution in [0.4, 0.5) is 5.69 Å². The monoisotopic (exact) mass is 366 g/mol. The SMILES string of the molecule is O=C(Nc1cccc(C(=O)N(Cc2ccco2)C2CC2)c1)c1cccs1. The molecule has 2 amide bonds. The average molecular weight is 366 g/mol. The molecule has 6 heteroatoms. The summed E-state index contributed by atoms with van der Waals surface area (Å²) in [7, 11) is 0. The van der Waals surface area contributed by atoms with Gasteiger partial charge in [-0.05, 0) is 54.6 Å². The van der Waals surface area contributed by atoms with Gasteiger partial charge in [0.15, 0.2) is 0 Å². The molecule has 5 nitrogen and oxygen atoms in total. The summed E-state index contributed by atoms with van der Waals surface area (Å²) in [6.07, 6.45) is 3.65. The van der Waals surface area contributed by atoms with Gasteiger partial charge in [-0.25, -0.2) is 0 Å². The van der Waals surface area contributed by atoms with E-state index in [0.29, 0.717) is 22.7 Å². The molecule has 3 aromatic rings. The first-order chi connectivity index (χ1) is 12.7. The van der Waals surface area contributed by atoms with Crippen LogP contribution in [-0.4, -0.2) is 22.8 Å². The van der Waals surface area contributed by atoms with Gasteiger partial charge >= 0.3 is 0 Å². The maximum atomic E-state index is 13.0. The van der Waals surface area contributed by atoms with Crippen LogP contribution >= 0.6 is 11.3 Å². The standard InChI is InChI=1S/C20H18N2O3S/c23-19(18-7-3-11-26-18)21-15-5-1-4-14(12-15)20(24)22(16-8-9-16)13-17-6-2-10-25-17/h1-7,10-12,16H,8-9,13H2,(H,21,23). The fraction of sp³-hybridized carbons (Fsp3) is 0.200.